The first-order valence-corrected chi connectivity index (χ1v) is 7.03. The van der Waals surface area contributed by atoms with Gasteiger partial charge in [-0.25, -0.2) is 4.39 Å². The largest absolute Gasteiger partial charge is 0.314 e. The molecule has 0 heterocycles. The summed E-state index contributed by atoms with van der Waals surface area (Å²) in [5.74, 6) is -0.0761. The molecule has 0 saturated heterocycles. The highest BCUT2D eigenvalue weighted by molar-refractivity contribution is 9.10. The Balaban J connectivity index is 2.24. The molecule has 0 aliphatic heterocycles. The van der Waals surface area contributed by atoms with E-state index in [-0.39, 0.29) is 11.2 Å². The van der Waals surface area contributed by atoms with Crippen molar-refractivity contribution >= 4 is 15.9 Å². The molecule has 1 aliphatic carbocycles. The highest BCUT2D eigenvalue weighted by Gasteiger charge is 2.37. The van der Waals surface area contributed by atoms with Gasteiger partial charge in [0.05, 0.1) is 0 Å². The number of halogens is 2. The molecule has 1 aromatic rings. The van der Waals surface area contributed by atoms with E-state index in [1.807, 2.05) is 6.07 Å². The lowest BCUT2D eigenvalue weighted by Gasteiger charge is -2.25. The van der Waals surface area contributed by atoms with Crippen molar-refractivity contribution in [2.45, 2.75) is 44.6 Å². The standard InChI is InChI=1S/C14H19BrFN/c1-3-17-11-6-7-14(2,9-11)12-8-10(15)4-5-13(12)16/h4-5,8,11,17H,3,6-7,9H2,1-2H3. The van der Waals surface area contributed by atoms with Crippen LogP contribution in [0.4, 0.5) is 4.39 Å². The zero-order valence-electron chi connectivity index (χ0n) is 10.4. The number of hydrogen-bond donors (Lipinski definition) is 1. The third-order valence-corrected chi connectivity index (χ3v) is 4.31. The quantitative estimate of drug-likeness (QED) is 0.889. The van der Waals surface area contributed by atoms with Crippen molar-refractivity contribution in [2.24, 2.45) is 0 Å². The molecule has 1 N–H and O–H groups in total. The maximum atomic E-state index is 13.9. The number of rotatable bonds is 3. The lowest BCUT2D eigenvalue weighted by Crippen LogP contribution is -2.29. The van der Waals surface area contributed by atoms with E-state index in [2.05, 4.69) is 35.1 Å². The summed E-state index contributed by atoms with van der Waals surface area (Å²) in [5, 5.41) is 3.47. The van der Waals surface area contributed by atoms with Crippen molar-refractivity contribution in [2.75, 3.05) is 6.54 Å². The smallest absolute Gasteiger partial charge is 0.127 e. The Hall–Kier alpha value is -0.410. The average molecular weight is 300 g/mol. The van der Waals surface area contributed by atoms with Gasteiger partial charge in [-0.1, -0.05) is 29.8 Å². The average Bonchev–Trinajstić information content (AvgIpc) is 2.66. The van der Waals surface area contributed by atoms with Crippen LogP contribution < -0.4 is 5.32 Å². The van der Waals surface area contributed by atoms with Crippen molar-refractivity contribution in [3.8, 4) is 0 Å². The molecule has 2 rings (SSSR count). The predicted molar refractivity (Wildman–Crippen MR) is 72.8 cm³/mol. The van der Waals surface area contributed by atoms with Gasteiger partial charge in [-0.2, -0.15) is 0 Å². The Morgan fingerprint density at radius 2 is 2.29 bits per heavy atom. The molecule has 1 fully saturated rings. The molecule has 0 aromatic heterocycles. The molecule has 1 aliphatic rings. The zero-order chi connectivity index (χ0) is 12.5. The number of nitrogens with one attached hydrogen (secondary N) is 1. The topological polar surface area (TPSA) is 12.0 Å². The minimum atomic E-state index is -0.0761. The van der Waals surface area contributed by atoms with Gasteiger partial charge in [0.2, 0.25) is 0 Å². The Kier molecular flexibility index (Phi) is 3.88. The first-order chi connectivity index (χ1) is 8.05. The molecule has 1 aromatic carbocycles. The summed E-state index contributed by atoms with van der Waals surface area (Å²) in [6, 6.07) is 5.79. The van der Waals surface area contributed by atoms with E-state index >= 15 is 0 Å². The van der Waals surface area contributed by atoms with Crippen molar-refractivity contribution in [1.29, 1.82) is 0 Å². The fourth-order valence-electron chi connectivity index (χ4n) is 2.91. The van der Waals surface area contributed by atoms with Gasteiger partial charge in [-0.05, 0) is 55.0 Å². The Morgan fingerprint density at radius 1 is 1.53 bits per heavy atom. The van der Waals surface area contributed by atoms with Crippen LogP contribution in [0.15, 0.2) is 22.7 Å². The molecule has 1 nitrogen and oxygen atoms in total. The molecular formula is C14H19BrFN. The van der Waals surface area contributed by atoms with Gasteiger partial charge in [0, 0.05) is 10.5 Å². The molecule has 0 amide bonds. The van der Waals surface area contributed by atoms with Gasteiger partial charge in [-0.15, -0.1) is 0 Å². The van der Waals surface area contributed by atoms with Crippen molar-refractivity contribution in [3.63, 3.8) is 0 Å². The summed E-state index contributed by atoms with van der Waals surface area (Å²) in [6.07, 6.45) is 3.21. The first kappa shape index (κ1) is 13.0. The Morgan fingerprint density at radius 3 is 3.00 bits per heavy atom. The summed E-state index contributed by atoms with van der Waals surface area (Å²) < 4.78 is 14.9. The highest BCUT2D eigenvalue weighted by Crippen LogP contribution is 2.42. The minimum absolute atomic E-state index is 0.0271. The first-order valence-electron chi connectivity index (χ1n) is 6.24. The third-order valence-electron chi connectivity index (χ3n) is 3.81. The SMILES string of the molecule is CCNC1CCC(C)(c2cc(Br)ccc2F)C1. The van der Waals surface area contributed by atoms with Crippen LogP contribution in [-0.4, -0.2) is 12.6 Å². The van der Waals surface area contributed by atoms with Gasteiger partial charge in [-0.3, -0.25) is 0 Å². The maximum Gasteiger partial charge on any atom is 0.127 e. The maximum absolute atomic E-state index is 13.9. The monoisotopic (exact) mass is 299 g/mol. The van der Waals surface area contributed by atoms with Gasteiger partial charge < -0.3 is 5.32 Å². The van der Waals surface area contributed by atoms with E-state index in [9.17, 15) is 4.39 Å². The van der Waals surface area contributed by atoms with E-state index in [4.69, 9.17) is 0 Å². The van der Waals surface area contributed by atoms with Crippen LogP contribution in [0, 0.1) is 5.82 Å². The Labute approximate surface area is 111 Å². The number of hydrogen-bond acceptors (Lipinski definition) is 1. The summed E-state index contributed by atoms with van der Waals surface area (Å²) in [4.78, 5) is 0. The fourth-order valence-corrected chi connectivity index (χ4v) is 3.27. The van der Waals surface area contributed by atoms with E-state index < -0.39 is 0 Å². The normalized spacial score (nSPS) is 28.6. The summed E-state index contributed by atoms with van der Waals surface area (Å²) in [6.45, 7) is 5.28. The van der Waals surface area contributed by atoms with Crippen molar-refractivity contribution in [3.05, 3.63) is 34.1 Å². The van der Waals surface area contributed by atoms with Gasteiger partial charge >= 0.3 is 0 Å². The van der Waals surface area contributed by atoms with Crippen molar-refractivity contribution < 1.29 is 4.39 Å². The lowest BCUT2D eigenvalue weighted by molar-refractivity contribution is 0.435. The van der Waals surface area contributed by atoms with E-state index in [1.165, 1.54) is 0 Å². The van der Waals surface area contributed by atoms with Crippen LogP contribution in [0.3, 0.4) is 0 Å². The molecule has 94 valence electrons. The predicted octanol–water partition coefficient (Wildman–Crippen LogP) is 4.01. The van der Waals surface area contributed by atoms with Crippen LogP contribution in [-0.2, 0) is 5.41 Å². The molecule has 0 bridgehead atoms. The van der Waals surface area contributed by atoms with Crippen LogP contribution >= 0.6 is 15.9 Å². The van der Waals surface area contributed by atoms with E-state index in [0.29, 0.717) is 6.04 Å². The molecule has 0 spiro atoms. The molecule has 3 heteroatoms. The molecule has 1 saturated carbocycles. The van der Waals surface area contributed by atoms with Gasteiger partial charge in [0.25, 0.3) is 0 Å². The molecule has 2 unspecified atom stereocenters. The third kappa shape index (κ3) is 2.71. The number of benzene rings is 1. The second-order valence-electron chi connectivity index (χ2n) is 5.18. The van der Waals surface area contributed by atoms with Gasteiger partial charge in [0.15, 0.2) is 0 Å². The zero-order valence-corrected chi connectivity index (χ0v) is 12.0. The van der Waals surface area contributed by atoms with Crippen LogP contribution in [0.1, 0.15) is 38.7 Å². The summed E-state index contributed by atoms with van der Waals surface area (Å²) in [5.41, 5.74) is 0.827. The van der Waals surface area contributed by atoms with E-state index in [1.54, 1.807) is 12.1 Å². The summed E-state index contributed by atoms with van der Waals surface area (Å²) >= 11 is 3.43. The van der Waals surface area contributed by atoms with Crippen LogP contribution in [0.5, 0.6) is 0 Å². The van der Waals surface area contributed by atoms with Gasteiger partial charge in [0.1, 0.15) is 5.82 Å². The molecular weight excluding hydrogens is 281 g/mol. The minimum Gasteiger partial charge on any atom is -0.314 e. The molecule has 17 heavy (non-hydrogen) atoms. The summed E-state index contributed by atoms with van der Waals surface area (Å²) in [7, 11) is 0. The second-order valence-corrected chi connectivity index (χ2v) is 6.10. The van der Waals surface area contributed by atoms with Crippen LogP contribution in [0.25, 0.3) is 0 Å². The molecule has 0 radical (unpaired) electrons. The highest BCUT2D eigenvalue weighted by atomic mass is 79.9. The lowest BCUT2D eigenvalue weighted by atomic mass is 9.80. The van der Waals surface area contributed by atoms with Crippen molar-refractivity contribution in [1.82, 2.24) is 5.32 Å². The van der Waals surface area contributed by atoms with Crippen LogP contribution in [0.2, 0.25) is 0 Å². The second kappa shape index (κ2) is 5.07. The Bertz CT molecular complexity index is 407. The molecule has 2 atom stereocenters. The fraction of sp³-hybridized carbons (Fsp3) is 0.571. The van der Waals surface area contributed by atoms with E-state index in [0.717, 1.165) is 35.8 Å².